The minimum atomic E-state index is -0.866. The Hall–Kier alpha value is -1.07. The lowest BCUT2D eigenvalue weighted by Crippen LogP contribution is -2.14. The van der Waals surface area contributed by atoms with Crippen molar-refractivity contribution in [2.24, 2.45) is 0 Å². The van der Waals surface area contributed by atoms with Gasteiger partial charge in [0.05, 0.1) is 11.0 Å². The number of fused-ring (bicyclic) bond motifs is 1. The van der Waals surface area contributed by atoms with E-state index in [1.165, 1.54) is 0 Å². The maximum Gasteiger partial charge on any atom is 0.201 e. The summed E-state index contributed by atoms with van der Waals surface area (Å²) >= 11 is 5.91. The molecule has 0 spiro atoms. The second kappa shape index (κ2) is 4.66. The molecule has 1 heterocycles. The van der Waals surface area contributed by atoms with Crippen LogP contribution >= 0.6 is 11.6 Å². The Labute approximate surface area is 107 Å². The fourth-order valence-electron chi connectivity index (χ4n) is 1.97. The molecule has 0 aliphatic carbocycles. The standard InChI is InChI=1S/C11H14ClN3OS/c1-7(6-17(2)16)15-10-4-3-8(12)5-9(10)14-11(15)13/h3-5,7H,6H2,1-2H3,(H2,13,14). The van der Waals surface area contributed by atoms with E-state index in [2.05, 4.69) is 4.98 Å². The van der Waals surface area contributed by atoms with Gasteiger partial charge in [-0.1, -0.05) is 11.6 Å². The van der Waals surface area contributed by atoms with Crippen molar-refractivity contribution in [3.05, 3.63) is 23.2 Å². The van der Waals surface area contributed by atoms with Crippen LogP contribution in [-0.4, -0.2) is 25.8 Å². The number of halogens is 1. The summed E-state index contributed by atoms with van der Waals surface area (Å²) in [5.41, 5.74) is 7.58. The number of aromatic nitrogens is 2. The number of nitrogens with two attached hydrogens (primary N) is 1. The van der Waals surface area contributed by atoms with Crippen molar-refractivity contribution < 1.29 is 4.21 Å². The van der Waals surface area contributed by atoms with Crippen LogP contribution in [0, 0.1) is 0 Å². The zero-order valence-electron chi connectivity index (χ0n) is 9.68. The van der Waals surface area contributed by atoms with Gasteiger partial charge in [0, 0.05) is 33.9 Å². The Kier molecular flexibility index (Phi) is 3.40. The van der Waals surface area contributed by atoms with Crippen LogP contribution < -0.4 is 5.73 Å². The Morgan fingerprint density at radius 3 is 2.94 bits per heavy atom. The van der Waals surface area contributed by atoms with E-state index in [4.69, 9.17) is 17.3 Å². The fraction of sp³-hybridized carbons (Fsp3) is 0.364. The predicted octanol–water partition coefficient (Wildman–Crippen LogP) is 2.21. The van der Waals surface area contributed by atoms with Crippen LogP contribution in [0.3, 0.4) is 0 Å². The quantitative estimate of drug-likeness (QED) is 0.931. The molecular formula is C11H14ClN3OS. The van der Waals surface area contributed by atoms with Crippen LogP contribution in [0.15, 0.2) is 18.2 Å². The third kappa shape index (κ3) is 2.45. The van der Waals surface area contributed by atoms with Gasteiger partial charge in [-0.15, -0.1) is 0 Å². The number of benzene rings is 1. The molecule has 0 fully saturated rings. The second-order valence-electron chi connectivity index (χ2n) is 4.06. The highest BCUT2D eigenvalue weighted by Crippen LogP contribution is 2.25. The Morgan fingerprint density at radius 1 is 1.59 bits per heavy atom. The highest BCUT2D eigenvalue weighted by atomic mass is 35.5. The molecule has 0 saturated heterocycles. The highest BCUT2D eigenvalue weighted by molar-refractivity contribution is 7.84. The lowest BCUT2D eigenvalue weighted by Gasteiger charge is -2.14. The highest BCUT2D eigenvalue weighted by Gasteiger charge is 2.15. The summed E-state index contributed by atoms with van der Waals surface area (Å²) in [5, 5.41) is 0.633. The van der Waals surface area contributed by atoms with Gasteiger partial charge in [-0.2, -0.15) is 0 Å². The van der Waals surface area contributed by atoms with E-state index in [0.717, 1.165) is 11.0 Å². The van der Waals surface area contributed by atoms with Crippen molar-refractivity contribution >= 4 is 39.4 Å². The van der Waals surface area contributed by atoms with Crippen molar-refractivity contribution in [2.45, 2.75) is 13.0 Å². The molecule has 0 aliphatic rings. The molecule has 2 rings (SSSR count). The van der Waals surface area contributed by atoms with E-state index in [0.29, 0.717) is 16.7 Å². The Morgan fingerprint density at radius 2 is 2.29 bits per heavy atom. The Balaban J connectivity index is 2.53. The van der Waals surface area contributed by atoms with E-state index < -0.39 is 10.8 Å². The van der Waals surface area contributed by atoms with Gasteiger partial charge in [0.1, 0.15) is 0 Å². The molecule has 2 unspecified atom stereocenters. The summed E-state index contributed by atoms with van der Waals surface area (Å²) in [7, 11) is -0.866. The summed E-state index contributed by atoms with van der Waals surface area (Å²) in [5.74, 6) is 0.985. The van der Waals surface area contributed by atoms with Crippen molar-refractivity contribution in [3.8, 4) is 0 Å². The molecule has 0 aliphatic heterocycles. The molecular weight excluding hydrogens is 258 g/mol. The van der Waals surface area contributed by atoms with E-state index >= 15 is 0 Å². The topological polar surface area (TPSA) is 60.9 Å². The molecule has 6 heteroatoms. The maximum atomic E-state index is 11.3. The molecule has 1 aromatic heterocycles. The van der Waals surface area contributed by atoms with Crippen molar-refractivity contribution in [2.75, 3.05) is 17.7 Å². The van der Waals surface area contributed by atoms with Crippen LogP contribution in [0.4, 0.5) is 5.95 Å². The Bertz CT molecular complexity index is 581. The molecule has 0 saturated carbocycles. The third-order valence-electron chi connectivity index (χ3n) is 2.60. The molecule has 17 heavy (non-hydrogen) atoms. The summed E-state index contributed by atoms with van der Waals surface area (Å²) < 4.78 is 13.2. The molecule has 0 amide bonds. The van der Waals surface area contributed by atoms with Gasteiger partial charge in [0.2, 0.25) is 5.95 Å². The van der Waals surface area contributed by atoms with Gasteiger partial charge in [-0.25, -0.2) is 4.98 Å². The minimum absolute atomic E-state index is 0.0482. The van der Waals surface area contributed by atoms with E-state index in [1.54, 1.807) is 18.4 Å². The normalized spacial score (nSPS) is 15.0. The smallest absolute Gasteiger partial charge is 0.201 e. The molecule has 92 valence electrons. The number of rotatable bonds is 3. The van der Waals surface area contributed by atoms with Gasteiger partial charge >= 0.3 is 0 Å². The van der Waals surface area contributed by atoms with E-state index in [-0.39, 0.29) is 6.04 Å². The molecule has 2 N–H and O–H groups in total. The third-order valence-corrected chi connectivity index (χ3v) is 3.78. The van der Waals surface area contributed by atoms with Gasteiger partial charge in [-0.05, 0) is 25.1 Å². The maximum absolute atomic E-state index is 11.3. The minimum Gasteiger partial charge on any atom is -0.369 e. The summed E-state index contributed by atoms with van der Waals surface area (Å²) in [6.45, 7) is 1.98. The van der Waals surface area contributed by atoms with Crippen molar-refractivity contribution in [1.29, 1.82) is 0 Å². The SMILES string of the molecule is CC(CS(C)=O)n1c(N)nc2cc(Cl)ccc21. The van der Waals surface area contributed by atoms with Crippen LogP contribution in [0.1, 0.15) is 13.0 Å². The fourth-order valence-corrected chi connectivity index (χ4v) is 2.96. The zero-order chi connectivity index (χ0) is 12.6. The predicted molar refractivity (Wildman–Crippen MR) is 72.8 cm³/mol. The first kappa shape index (κ1) is 12.4. The van der Waals surface area contributed by atoms with Crippen molar-refractivity contribution in [1.82, 2.24) is 9.55 Å². The van der Waals surface area contributed by atoms with E-state index in [1.807, 2.05) is 17.6 Å². The average molecular weight is 272 g/mol. The molecule has 1 aromatic carbocycles. The monoisotopic (exact) mass is 271 g/mol. The summed E-state index contributed by atoms with van der Waals surface area (Å²) in [6, 6.07) is 5.51. The largest absolute Gasteiger partial charge is 0.369 e. The van der Waals surface area contributed by atoms with Gasteiger partial charge < -0.3 is 10.3 Å². The van der Waals surface area contributed by atoms with Crippen LogP contribution in [0.25, 0.3) is 11.0 Å². The number of anilines is 1. The zero-order valence-corrected chi connectivity index (χ0v) is 11.3. The second-order valence-corrected chi connectivity index (χ2v) is 5.98. The molecule has 0 bridgehead atoms. The number of nitrogens with zero attached hydrogens (tertiary/aromatic N) is 2. The van der Waals surface area contributed by atoms with Crippen LogP contribution in [-0.2, 0) is 10.8 Å². The average Bonchev–Trinajstić information content (AvgIpc) is 2.51. The summed E-state index contributed by atoms with van der Waals surface area (Å²) in [4.78, 5) is 4.26. The lowest BCUT2D eigenvalue weighted by atomic mass is 10.3. The first-order chi connectivity index (χ1) is 7.99. The van der Waals surface area contributed by atoms with Gasteiger partial charge in [0.15, 0.2) is 0 Å². The first-order valence-electron chi connectivity index (χ1n) is 5.22. The number of imidazole rings is 1. The van der Waals surface area contributed by atoms with Crippen LogP contribution in [0.2, 0.25) is 5.02 Å². The van der Waals surface area contributed by atoms with Gasteiger partial charge in [0.25, 0.3) is 0 Å². The summed E-state index contributed by atoms with van der Waals surface area (Å²) in [6.07, 6.45) is 1.68. The molecule has 0 radical (unpaired) electrons. The number of hydrogen-bond acceptors (Lipinski definition) is 3. The lowest BCUT2D eigenvalue weighted by molar-refractivity contribution is 0.619. The van der Waals surface area contributed by atoms with Gasteiger partial charge in [-0.3, -0.25) is 4.21 Å². The van der Waals surface area contributed by atoms with E-state index in [9.17, 15) is 4.21 Å². The van der Waals surface area contributed by atoms with Crippen LogP contribution in [0.5, 0.6) is 0 Å². The number of nitrogen functional groups attached to an aromatic ring is 1. The first-order valence-corrected chi connectivity index (χ1v) is 7.32. The molecule has 2 aromatic rings. The molecule has 4 nitrogen and oxygen atoms in total. The van der Waals surface area contributed by atoms with Crippen molar-refractivity contribution in [3.63, 3.8) is 0 Å². The number of hydrogen-bond donors (Lipinski definition) is 1. The molecule has 2 atom stereocenters.